The van der Waals surface area contributed by atoms with Crippen molar-refractivity contribution in [1.29, 1.82) is 0 Å². The quantitative estimate of drug-likeness (QED) is 0.611. The van der Waals surface area contributed by atoms with E-state index in [1.54, 1.807) is 6.07 Å². The standard InChI is InChI=1S/C20H19F7N2O2/c21-18(22)19(23,24)31-16-4-2-1-3-15(16)17(29-11-9-28-10-12-29)13-5-7-14(8-6-13)30-20(25,26)27/h1-8,17-18,28H,9-12H2/t17-/m1/s1. The maximum atomic E-state index is 13.6. The summed E-state index contributed by atoms with van der Waals surface area (Å²) in [6.07, 6.45) is -13.6. The largest absolute Gasteiger partial charge is 0.573 e. The highest BCUT2D eigenvalue weighted by Gasteiger charge is 2.45. The fourth-order valence-electron chi connectivity index (χ4n) is 3.37. The molecule has 0 radical (unpaired) electrons. The van der Waals surface area contributed by atoms with Crippen molar-refractivity contribution >= 4 is 0 Å². The molecule has 11 heteroatoms. The molecule has 1 aliphatic rings. The van der Waals surface area contributed by atoms with Gasteiger partial charge in [0.25, 0.3) is 0 Å². The van der Waals surface area contributed by atoms with Crippen LogP contribution >= 0.6 is 0 Å². The van der Waals surface area contributed by atoms with E-state index in [-0.39, 0.29) is 5.56 Å². The Morgan fingerprint density at radius 2 is 1.45 bits per heavy atom. The van der Waals surface area contributed by atoms with Crippen molar-refractivity contribution < 1.29 is 40.2 Å². The predicted octanol–water partition coefficient (Wildman–Crippen LogP) is 4.82. The van der Waals surface area contributed by atoms with Gasteiger partial charge in [-0.3, -0.25) is 4.90 Å². The average molecular weight is 452 g/mol. The van der Waals surface area contributed by atoms with Crippen LogP contribution in [0, 0.1) is 0 Å². The molecule has 1 atom stereocenters. The van der Waals surface area contributed by atoms with E-state index in [2.05, 4.69) is 14.8 Å². The van der Waals surface area contributed by atoms with Crippen LogP contribution in [0.2, 0.25) is 0 Å². The molecular formula is C20H19F7N2O2. The second kappa shape index (κ2) is 9.31. The Hall–Kier alpha value is -2.53. The lowest BCUT2D eigenvalue weighted by Gasteiger charge is -2.36. The van der Waals surface area contributed by atoms with Gasteiger partial charge in [0.2, 0.25) is 0 Å². The van der Waals surface area contributed by atoms with E-state index in [9.17, 15) is 30.7 Å². The molecule has 0 amide bonds. The van der Waals surface area contributed by atoms with E-state index >= 15 is 0 Å². The van der Waals surface area contributed by atoms with Crippen molar-refractivity contribution in [2.24, 2.45) is 0 Å². The molecule has 1 N–H and O–H groups in total. The smallest absolute Gasteiger partial charge is 0.428 e. The summed E-state index contributed by atoms with van der Waals surface area (Å²) in [4.78, 5) is 1.90. The molecule has 1 saturated heterocycles. The summed E-state index contributed by atoms with van der Waals surface area (Å²) in [6.45, 7) is 2.15. The molecule has 2 aromatic carbocycles. The molecule has 3 rings (SSSR count). The monoisotopic (exact) mass is 452 g/mol. The van der Waals surface area contributed by atoms with E-state index in [4.69, 9.17) is 0 Å². The maximum absolute atomic E-state index is 13.6. The third-order valence-corrected chi connectivity index (χ3v) is 4.66. The summed E-state index contributed by atoms with van der Waals surface area (Å²) in [7, 11) is 0. The number of hydrogen-bond donors (Lipinski definition) is 1. The van der Waals surface area contributed by atoms with E-state index < -0.39 is 36.4 Å². The SMILES string of the molecule is FC(F)C(F)(F)Oc1ccccc1[C@@H](c1ccc(OC(F)(F)F)cc1)N1CCNCC1. The summed E-state index contributed by atoms with van der Waals surface area (Å²) in [6, 6.07) is 9.77. The minimum atomic E-state index is -4.86. The third kappa shape index (κ3) is 6.01. The zero-order valence-electron chi connectivity index (χ0n) is 16.0. The molecule has 1 aliphatic heterocycles. The molecule has 4 nitrogen and oxygen atoms in total. The summed E-state index contributed by atoms with van der Waals surface area (Å²) < 4.78 is 98.2. The fraction of sp³-hybridized carbons (Fsp3) is 0.400. The van der Waals surface area contributed by atoms with Crippen LogP contribution in [0.1, 0.15) is 17.2 Å². The Bertz CT molecular complexity index is 853. The van der Waals surface area contributed by atoms with Crippen LogP contribution in [0.5, 0.6) is 11.5 Å². The van der Waals surface area contributed by atoms with E-state index in [1.165, 1.54) is 24.3 Å². The molecule has 0 saturated carbocycles. The van der Waals surface area contributed by atoms with Gasteiger partial charge in [0.05, 0.1) is 6.04 Å². The molecule has 0 unspecified atom stereocenters. The van der Waals surface area contributed by atoms with Gasteiger partial charge in [-0.05, 0) is 23.8 Å². The average Bonchev–Trinajstić information content (AvgIpc) is 2.70. The molecule has 0 spiro atoms. The van der Waals surface area contributed by atoms with Crippen LogP contribution < -0.4 is 14.8 Å². The summed E-state index contributed by atoms with van der Waals surface area (Å²) in [5.74, 6) is -0.879. The molecule has 0 aromatic heterocycles. The number of benzene rings is 2. The van der Waals surface area contributed by atoms with Crippen LogP contribution in [0.4, 0.5) is 30.7 Å². The summed E-state index contributed by atoms with van der Waals surface area (Å²) >= 11 is 0. The van der Waals surface area contributed by atoms with Gasteiger partial charge in [-0.25, -0.2) is 0 Å². The first kappa shape index (κ1) is 23.1. The molecule has 31 heavy (non-hydrogen) atoms. The van der Waals surface area contributed by atoms with Crippen LogP contribution in [0.25, 0.3) is 0 Å². The Morgan fingerprint density at radius 3 is 2.03 bits per heavy atom. The number of alkyl halides is 7. The number of hydrogen-bond acceptors (Lipinski definition) is 4. The molecule has 0 aliphatic carbocycles. The van der Waals surface area contributed by atoms with Crippen molar-refractivity contribution in [3.05, 3.63) is 59.7 Å². The van der Waals surface area contributed by atoms with Crippen LogP contribution in [0.3, 0.4) is 0 Å². The molecule has 170 valence electrons. The Labute approximate surface area is 173 Å². The maximum Gasteiger partial charge on any atom is 0.573 e. The van der Waals surface area contributed by atoms with Crippen molar-refractivity contribution in [1.82, 2.24) is 10.2 Å². The molecular weight excluding hydrogens is 433 g/mol. The topological polar surface area (TPSA) is 33.7 Å². The van der Waals surface area contributed by atoms with Crippen LogP contribution in [-0.4, -0.2) is 50.0 Å². The number of piperazine rings is 1. The van der Waals surface area contributed by atoms with E-state index in [1.807, 2.05) is 4.90 Å². The number of nitrogens with one attached hydrogen (secondary N) is 1. The lowest BCUT2D eigenvalue weighted by molar-refractivity contribution is -0.274. The van der Waals surface area contributed by atoms with Crippen molar-refractivity contribution in [3.63, 3.8) is 0 Å². The molecule has 2 aromatic rings. The Kier molecular flexibility index (Phi) is 6.95. The molecule has 0 bridgehead atoms. The van der Waals surface area contributed by atoms with Gasteiger partial charge in [-0.15, -0.1) is 13.2 Å². The zero-order valence-corrected chi connectivity index (χ0v) is 16.0. The number of halogens is 7. The second-order valence-corrected chi connectivity index (χ2v) is 6.81. The van der Waals surface area contributed by atoms with Crippen LogP contribution in [-0.2, 0) is 0 Å². The van der Waals surface area contributed by atoms with Gasteiger partial charge in [0.1, 0.15) is 11.5 Å². The fourth-order valence-corrected chi connectivity index (χ4v) is 3.37. The third-order valence-electron chi connectivity index (χ3n) is 4.66. The minimum Gasteiger partial charge on any atom is -0.428 e. The van der Waals surface area contributed by atoms with Gasteiger partial charge in [-0.1, -0.05) is 30.3 Å². The van der Waals surface area contributed by atoms with E-state index in [0.29, 0.717) is 31.7 Å². The normalized spacial score (nSPS) is 16.9. The summed E-state index contributed by atoms with van der Waals surface area (Å²) in [5, 5.41) is 3.14. The number of ether oxygens (including phenoxy) is 2. The van der Waals surface area contributed by atoms with E-state index in [0.717, 1.165) is 18.2 Å². The number of rotatable bonds is 7. The van der Waals surface area contributed by atoms with Crippen LogP contribution in [0.15, 0.2) is 48.5 Å². The Morgan fingerprint density at radius 1 is 0.839 bits per heavy atom. The van der Waals surface area contributed by atoms with Gasteiger partial charge < -0.3 is 14.8 Å². The zero-order chi connectivity index (χ0) is 22.6. The Balaban J connectivity index is 1.99. The highest BCUT2D eigenvalue weighted by molar-refractivity contribution is 5.43. The minimum absolute atomic E-state index is 0.189. The lowest BCUT2D eigenvalue weighted by atomic mass is 9.95. The predicted molar refractivity (Wildman–Crippen MR) is 97.4 cm³/mol. The second-order valence-electron chi connectivity index (χ2n) is 6.81. The van der Waals surface area contributed by atoms with Crippen molar-refractivity contribution in [2.75, 3.05) is 26.2 Å². The molecule has 1 heterocycles. The van der Waals surface area contributed by atoms with Gasteiger partial charge in [-0.2, -0.15) is 17.6 Å². The highest BCUT2D eigenvalue weighted by atomic mass is 19.4. The first-order valence-corrected chi connectivity index (χ1v) is 9.31. The first-order chi connectivity index (χ1) is 14.6. The first-order valence-electron chi connectivity index (χ1n) is 9.31. The van der Waals surface area contributed by atoms with Gasteiger partial charge in [0, 0.05) is 31.7 Å². The molecule has 1 fully saturated rings. The lowest BCUT2D eigenvalue weighted by Crippen LogP contribution is -2.45. The number of para-hydroxylation sites is 1. The van der Waals surface area contributed by atoms with Crippen molar-refractivity contribution in [2.45, 2.75) is 24.9 Å². The number of nitrogens with zero attached hydrogens (tertiary/aromatic N) is 1. The van der Waals surface area contributed by atoms with Crippen molar-refractivity contribution in [3.8, 4) is 11.5 Å². The van der Waals surface area contributed by atoms with Gasteiger partial charge in [0.15, 0.2) is 0 Å². The summed E-state index contributed by atoms with van der Waals surface area (Å²) in [5.41, 5.74) is 0.655. The highest BCUT2D eigenvalue weighted by Crippen LogP contribution is 2.38. The van der Waals surface area contributed by atoms with Gasteiger partial charge >= 0.3 is 18.9 Å².